The molecule has 0 aliphatic carbocycles. The quantitative estimate of drug-likeness (QED) is 0.242. The number of ketones is 1. The number of carbonyl (C=O) groups is 2. The molecule has 0 saturated carbocycles. The number of thiazole rings is 1. The van der Waals surface area contributed by atoms with Gasteiger partial charge in [-0.05, 0) is 35.9 Å². The molecule has 2 aromatic heterocycles. The van der Waals surface area contributed by atoms with E-state index in [0.717, 1.165) is 11.3 Å². The highest BCUT2D eigenvalue weighted by Crippen LogP contribution is 2.45. The number of aromatic nitrogens is 1. The summed E-state index contributed by atoms with van der Waals surface area (Å²) in [5, 5.41) is 22.4. The van der Waals surface area contributed by atoms with E-state index in [-0.39, 0.29) is 27.7 Å². The van der Waals surface area contributed by atoms with Gasteiger partial charge in [0.25, 0.3) is 11.6 Å². The van der Waals surface area contributed by atoms with Crippen molar-refractivity contribution in [3.8, 4) is 5.75 Å². The number of nitro groups is 1. The van der Waals surface area contributed by atoms with Crippen molar-refractivity contribution in [1.29, 1.82) is 0 Å². The van der Waals surface area contributed by atoms with E-state index >= 15 is 0 Å². The molecule has 4 aromatic rings. The van der Waals surface area contributed by atoms with E-state index in [2.05, 4.69) is 4.98 Å². The van der Waals surface area contributed by atoms with Crippen molar-refractivity contribution in [2.45, 2.75) is 6.04 Å². The number of non-ortho nitro benzene ring substituents is 1. The molecule has 0 saturated heterocycles. The predicted molar refractivity (Wildman–Crippen MR) is 122 cm³/mol. The van der Waals surface area contributed by atoms with Gasteiger partial charge in [-0.1, -0.05) is 23.5 Å². The second kappa shape index (κ2) is 8.12. The Morgan fingerprint density at radius 2 is 2.06 bits per heavy atom. The fraction of sp³-hybridized carbons (Fsp3) is 0.0870. The summed E-state index contributed by atoms with van der Waals surface area (Å²) in [6.07, 6.45) is 1.29. The van der Waals surface area contributed by atoms with Gasteiger partial charge in [-0.2, -0.15) is 0 Å². The minimum absolute atomic E-state index is 0.0827. The Morgan fingerprint density at radius 3 is 2.76 bits per heavy atom. The number of methoxy groups -OCH3 is 1. The van der Waals surface area contributed by atoms with E-state index in [9.17, 15) is 24.8 Å². The van der Waals surface area contributed by atoms with Gasteiger partial charge in [0.1, 0.15) is 5.75 Å². The van der Waals surface area contributed by atoms with E-state index in [4.69, 9.17) is 9.15 Å². The molecule has 1 aliphatic rings. The summed E-state index contributed by atoms with van der Waals surface area (Å²) in [6, 6.07) is 12.5. The SMILES string of the molecule is COc1ccc2nc(N3C(=O)C(O)=C(C(=O)c4ccco4)[C@H]3c3cccc([N+](=O)[O-])c3)sc2c1. The molecule has 0 radical (unpaired) electrons. The highest BCUT2D eigenvalue weighted by Gasteiger charge is 2.46. The van der Waals surface area contributed by atoms with Crippen molar-refractivity contribution < 1.29 is 28.8 Å². The number of nitro benzene ring substituents is 1. The second-order valence-corrected chi connectivity index (χ2v) is 8.34. The number of furan rings is 1. The van der Waals surface area contributed by atoms with E-state index in [0.29, 0.717) is 16.0 Å². The van der Waals surface area contributed by atoms with E-state index < -0.39 is 28.4 Å². The van der Waals surface area contributed by atoms with Crippen LogP contribution in [-0.4, -0.2) is 33.8 Å². The Bertz CT molecular complexity index is 1490. The van der Waals surface area contributed by atoms with Gasteiger partial charge in [-0.3, -0.25) is 24.6 Å². The van der Waals surface area contributed by atoms with Gasteiger partial charge in [-0.25, -0.2) is 4.98 Å². The summed E-state index contributed by atoms with van der Waals surface area (Å²) < 4.78 is 11.1. The molecule has 1 atom stereocenters. The van der Waals surface area contributed by atoms with Crippen molar-refractivity contribution in [1.82, 2.24) is 4.98 Å². The summed E-state index contributed by atoms with van der Waals surface area (Å²) in [5.41, 5.74) is 0.363. The number of anilines is 1. The first-order valence-corrected chi connectivity index (χ1v) is 10.7. The fourth-order valence-corrected chi connectivity index (χ4v) is 4.84. The largest absolute Gasteiger partial charge is 0.503 e. The van der Waals surface area contributed by atoms with Crippen molar-refractivity contribution in [3.63, 3.8) is 0 Å². The summed E-state index contributed by atoms with van der Waals surface area (Å²) in [7, 11) is 1.53. The fourth-order valence-electron chi connectivity index (χ4n) is 3.82. The lowest BCUT2D eigenvalue weighted by atomic mass is 9.95. The van der Waals surface area contributed by atoms with Crippen molar-refractivity contribution in [3.05, 3.63) is 93.6 Å². The van der Waals surface area contributed by atoms with Crippen LogP contribution < -0.4 is 9.64 Å². The first-order chi connectivity index (χ1) is 16.4. The molecule has 11 heteroatoms. The molecule has 1 N–H and O–H groups in total. The van der Waals surface area contributed by atoms with Crippen LogP contribution >= 0.6 is 11.3 Å². The maximum absolute atomic E-state index is 13.2. The number of ether oxygens (including phenoxy) is 1. The molecule has 0 spiro atoms. The van der Waals surface area contributed by atoms with Gasteiger partial charge in [0.05, 0.1) is 40.1 Å². The molecule has 170 valence electrons. The van der Waals surface area contributed by atoms with E-state index in [1.54, 1.807) is 24.3 Å². The minimum Gasteiger partial charge on any atom is -0.503 e. The normalized spacial score (nSPS) is 15.9. The van der Waals surface area contributed by atoms with Crippen LogP contribution in [0.15, 0.2) is 76.6 Å². The van der Waals surface area contributed by atoms with Crippen LogP contribution in [0.25, 0.3) is 10.2 Å². The number of benzene rings is 2. The topological polar surface area (TPSA) is 136 Å². The number of aliphatic hydroxyl groups is 1. The molecule has 0 bridgehead atoms. The monoisotopic (exact) mass is 477 g/mol. The van der Waals surface area contributed by atoms with Crippen LogP contribution in [-0.2, 0) is 4.79 Å². The minimum atomic E-state index is -1.16. The Morgan fingerprint density at radius 1 is 1.24 bits per heavy atom. The summed E-state index contributed by atoms with van der Waals surface area (Å²) in [5.74, 6) is -1.81. The Labute approximate surface area is 195 Å². The smallest absolute Gasteiger partial charge is 0.296 e. The zero-order chi connectivity index (χ0) is 24.0. The van der Waals surface area contributed by atoms with Crippen LogP contribution in [0, 0.1) is 10.1 Å². The maximum Gasteiger partial charge on any atom is 0.296 e. The van der Waals surface area contributed by atoms with Gasteiger partial charge in [-0.15, -0.1) is 0 Å². The number of aliphatic hydroxyl groups excluding tert-OH is 1. The molecule has 10 nitrogen and oxygen atoms in total. The number of carbonyl (C=O) groups excluding carboxylic acids is 2. The second-order valence-electron chi connectivity index (χ2n) is 7.33. The van der Waals surface area contributed by atoms with E-state index in [1.807, 2.05) is 0 Å². The molecule has 5 rings (SSSR count). The van der Waals surface area contributed by atoms with Gasteiger partial charge < -0.3 is 14.3 Å². The van der Waals surface area contributed by atoms with Crippen LogP contribution in [0.3, 0.4) is 0 Å². The number of hydrogen-bond acceptors (Lipinski definition) is 9. The zero-order valence-electron chi connectivity index (χ0n) is 17.5. The average Bonchev–Trinajstić information content (AvgIpc) is 3.57. The Kier molecular flexibility index (Phi) is 5.10. The number of rotatable bonds is 6. The maximum atomic E-state index is 13.2. The van der Waals surface area contributed by atoms with Crippen LogP contribution in [0.1, 0.15) is 22.2 Å². The van der Waals surface area contributed by atoms with Gasteiger partial charge in [0.15, 0.2) is 16.7 Å². The Hall–Kier alpha value is -4.51. The number of hydrogen-bond donors (Lipinski definition) is 1. The number of nitrogens with zero attached hydrogens (tertiary/aromatic N) is 3. The molecule has 1 amide bonds. The average molecular weight is 477 g/mol. The van der Waals surface area contributed by atoms with Crippen LogP contribution in [0.4, 0.5) is 10.8 Å². The number of amides is 1. The molecular weight excluding hydrogens is 462 g/mol. The predicted octanol–water partition coefficient (Wildman–Crippen LogP) is 4.59. The lowest BCUT2D eigenvalue weighted by molar-refractivity contribution is -0.384. The lowest BCUT2D eigenvalue weighted by Crippen LogP contribution is -2.31. The third-order valence-electron chi connectivity index (χ3n) is 5.38. The standard InChI is InChI=1S/C23H15N3O7S/c1-32-14-7-8-15-17(11-14)34-23(24-15)25-19(12-4-2-5-13(10-12)26(30)31)18(21(28)22(25)29)20(27)16-6-3-9-33-16/h2-11,19,28H,1H3/t19-/m1/s1. The number of fused-ring (bicyclic) bond motifs is 1. The van der Waals surface area contributed by atoms with Crippen LogP contribution in [0.5, 0.6) is 5.75 Å². The molecule has 3 heterocycles. The molecule has 34 heavy (non-hydrogen) atoms. The third-order valence-corrected chi connectivity index (χ3v) is 6.40. The summed E-state index contributed by atoms with van der Waals surface area (Å²) >= 11 is 1.16. The lowest BCUT2D eigenvalue weighted by Gasteiger charge is -2.24. The van der Waals surface area contributed by atoms with Crippen molar-refractivity contribution in [2.75, 3.05) is 12.0 Å². The van der Waals surface area contributed by atoms with Gasteiger partial charge in [0, 0.05) is 12.1 Å². The highest BCUT2D eigenvalue weighted by molar-refractivity contribution is 7.22. The summed E-state index contributed by atoms with van der Waals surface area (Å²) in [6.45, 7) is 0. The van der Waals surface area contributed by atoms with Crippen molar-refractivity contribution in [2.24, 2.45) is 0 Å². The first kappa shape index (κ1) is 21.3. The van der Waals surface area contributed by atoms with Crippen molar-refractivity contribution >= 4 is 44.1 Å². The molecule has 0 fully saturated rings. The Balaban J connectivity index is 1.69. The molecular formula is C23H15N3O7S. The molecule has 2 aromatic carbocycles. The number of Topliss-reactive ketones (excluding diaryl/α,β-unsaturated/α-hetero) is 1. The van der Waals surface area contributed by atoms with Crippen LogP contribution in [0.2, 0.25) is 0 Å². The molecule has 0 unspecified atom stereocenters. The van der Waals surface area contributed by atoms with E-state index in [1.165, 1.54) is 48.6 Å². The molecule has 1 aliphatic heterocycles. The first-order valence-electron chi connectivity index (χ1n) is 9.93. The zero-order valence-corrected chi connectivity index (χ0v) is 18.3. The van der Waals surface area contributed by atoms with Gasteiger partial charge >= 0.3 is 0 Å². The highest BCUT2D eigenvalue weighted by atomic mass is 32.1. The van der Waals surface area contributed by atoms with Gasteiger partial charge in [0.2, 0.25) is 5.78 Å². The third kappa shape index (κ3) is 3.39. The summed E-state index contributed by atoms with van der Waals surface area (Å²) in [4.78, 5) is 43.0.